The van der Waals surface area contributed by atoms with Gasteiger partial charge in [0.25, 0.3) is 0 Å². The van der Waals surface area contributed by atoms with Gasteiger partial charge in [-0.2, -0.15) is 0 Å². The number of carbonyl (C=O) groups is 1. The smallest absolute Gasteiger partial charge is 0.188 e. The zero-order valence-electron chi connectivity index (χ0n) is 36.5. The molecule has 0 radical (unpaired) electrons. The highest BCUT2D eigenvalue weighted by molar-refractivity contribution is 7.23. The average Bonchev–Trinajstić information content (AvgIpc) is 4.09. The number of nitrogens with zero attached hydrogens (tertiary/aromatic N) is 1. The zero-order chi connectivity index (χ0) is 43.7. The Bertz CT molecular complexity index is 2650. The first-order valence-electron chi connectivity index (χ1n) is 22.8. The minimum Gasteiger partial charge on any atom is -0.507 e. The Balaban J connectivity index is 1.16. The van der Waals surface area contributed by atoms with E-state index in [4.69, 9.17) is 5.73 Å². The van der Waals surface area contributed by atoms with Crippen LogP contribution >= 0.6 is 22.7 Å². The second-order valence-corrected chi connectivity index (χ2v) is 21.9. The third-order valence-corrected chi connectivity index (χ3v) is 18.4. The molecule has 10 atom stereocenters. The van der Waals surface area contributed by atoms with Gasteiger partial charge in [-0.25, -0.2) is 0 Å². The number of hydrogen-bond donors (Lipinski definition) is 6. The number of Topliss-reactive ketones (excluding diaryl/α,β-unsaturated/α-hetero) is 1. The first kappa shape index (κ1) is 42.1. The molecule has 3 fully saturated rings. The molecule has 8 nitrogen and oxygen atoms in total. The van der Waals surface area contributed by atoms with Crippen molar-refractivity contribution < 1.29 is 20.1 Å². The zero-order valence-corrected chi connectivity index (χ0v) is 38.1. The van der Waals surface area contributed by atoms with Crippen molar-refractivity contribution in [2.45, 2.75) is 102 Å². The number of rotatable bonds is 5. The van der Waals surface area contributed by atoms with Crippen LogP contribution in [0.2, 0.25) is 0 Å². The van der Waals surface area contributed by atoms with E-state index in [0.29, 0.717) is 24.4 Å². The number of aliphatic hydroxyl groups is 2. The van der Waals surface area contributed by atoms with Gasteiger partial charge in [-0.15, -0.1) is 28.6 Å². The lowest BCUT2D eigenvalue weighted by molar-refractivity contribution is 0.0229. The number of hydrogen-bond acceptors (Lipinski definition) is 8. The van der Waals surface area contributed by atoms with Crippen molar-refractivity contribution in [1.82, 2.24) is 5.32 Å². The van der Waals surface area contributed by atoms with Gasteiger partial charge in [-0.1, -0.05) is 60.6 Å². The van der Waals surface area contributed by atoms with Gasteiger partial charge in [0, 0.05) is 53.3 Å². The number of nitrogens with one attached hydrogen (secondary N) is 2. The number of aromatic hydroxyl groups is 1. The predicted octanol–water partition coefficient (Wildman–Crippen LogP) is 8.81. The number of thiophene rings is 2. The molecule has 6 aliphatic rings. The van der Waals surface area contributed by atoms with Crippen LogP contribution in [0.4, 0.5) is 5.69 Å². The van der Waals surface area contributed by atoms with E-state index in [1.165, 1.54) is 5.56 Å². The average molecular weight is 879 g/mol. The number of ketones is 1. The number of guanidine groups is 1. The molecule has 10 heteroatoms. The van der Waals surface area contributed by atoms with E-state index in [1.807, 2.05) is 38.1 Å². The molecule has 326 valence electrons. The number of carbonyl (C=O) groups excluding carboxylic acids is 1. The Labute approximate surface area is 379 Å². The number of nitrogens with two attached hydrogens (primary N) is 1. The Morgan fingerprint density at radius 2 is 1.89 bits per heavy atom. The van der Waals surface area contributed by atoms with Gasteiger partial charge in [-0.3, -0.25) is 9.79 Å². The standard InChI is InChI=1S/C53H58N4O4S2/c1-4-7-37-13-17-44(62-37)45-18-19-46(63-45)49(60)40-16-12-34-27-52(40)28-41(53(30-52)21-6-10-36(53)29-58)33-11-14-38-35(24-42(34)56-50(54)55-3)25-43(59)39-15-20-47(57-48(38)39)51(2,61)26-32-9-5-8-31(22-32)23-33/h5,8-9,13,15,17-20,22,25,33-34,36,40-42,47,57-59,61H,6,10,12,16,21,23-24,26-30H2,1-3H3,(H3,54,55,56). The summed E-state index contributed by atoms with van der Waals surface area (Å²) in [6.07, 6.45) is 12.8. The highest BCUT2D eigenvalue weighted by Gasteiger charge is 2.64. The van der Waals surface area contributed by atoms with Crippen LogP contribution in [0.5, 0.6) is 5.75 Å². The molecule has 4 aliphatic carbocycles. The summed E-state index contributed by atoms with van der Waals surface area (Å²) in [4.78, 5) is 23.8. The van der Waals surface area contributed by atoms with E-state index in [1.54, 1.807) is 29.7 Å². The van der Waals surface area contributed by atoms with Crippen LogP contribution < -0.4 is 16.4 Å². The fraction of sp³-hybridized carbons (Fsp3) is 0.472. The lowest BCUT2D eigenvalue weighted by Gasteiger charge is -2.48. The molecule has 2 spiro atoms. The summed E-state index contributed by atoms with van der Waals surface area (Å²) >= 11 is 3.27. The van der Waals surface area contributed by atoms with Crippen LogP contribution in [0, 0.1) is 64.1 Å². The van der Waals surface area contributed by atoms with Gasteiger partial charge in [0.15, 0.2) is 11.7 Å². The second kappa shape index (κ2) is 16.3. The number of aliphatic imine (C=N–C) groups is 1. The first-order chi connectivity index (χ1) is 30.4. The maximum atomic E-state index is 15.4. The van der Waals surface area contributed by atoms with Crippen molar-refractivity contribution in [3.8, 4) is 39.2 Å². The fourth-order valence-corrected chi connectivity index (χ4v) is 15.3. The Hall–Kier alpha value is -4.84. The molecule has 0 amide bonds. The van der Waals surface area contributed by atoms with E-state index >= 15 is 4.79 Å². The molecule has 10 rings (SSSR count). The third kappa shape index (κ3) is 7.41. The molecule has 2 aromatic carbocycles. The SMILES string of the molecule is CC#Cc1ccc(-c2ccc(C(=O)C3CCC4CC35CC(C3C#Cc6c(cc(O)c7c6NC(C=C7)C(C)(O)Cc6cccc(c6)C3)CC4NC(N)=NC)C3(CCCC3CO)C5)s2)s1. The summed E-state index contributed by atoms with van der Waals surface area (Å²) in [5, 5.41) is 42.6. The monoisotopic (exact) mass is 878 g/mol. The van der Waals surface area contributed by atoms with Crippen molar-refractivity contribution in [2.24, 2.45) is 51.1 Å². The molecule has 0 saturated heterocycles. The van der Waals surface area contributed by atoms with E-state index < -0.39 is 11.6 Å². The lowest BCUT2D eigenvalue weighted by Crippen LogP contribution is -2.50. The number of anilines is 1. The maximum absolute atomic E-state index is 15.4. The van der Waals surface area contributed by atoms with E-state index in [0.717, 1.165) is 99.7 Å². The van der Waals surface area contributed by atoms with Gasteiger partial charge >= 0.3 is 0 Å². The van der Waals surface area contributed by atoms with Gasteiger partial charge in [0.05, 0.1) is 32.6 Å². The van der Waals surface area contributed by atoms with Gasteiger partial charge < -0.3 is 31.7 Å². The highest BCUT2D eigenvalue weighted by Crippen LogP contribution is 2.70. The second-order valence-electron chi connectivity index (χ2n) is 19.7. The number of fused-ring (bicyclic) bond motifs is 8. The number of phenolic OH excluding ortho intramolecular Hbond substituents is 1. The van der Waals surface area contributed by atoms with Crippen molar-refractivity contribution in [3.05, 3.63) is 98.2 Å². The van der Waals surface area contributed by atoms with E-state index in [9.17, 15) is 15.3 Å². The minimum absolute atomic E-state index is 0.0693. The van der Waals surface area contributed by atoms with Crippen LogP contribution in [0.3, 0.4) is 0 Å². The summed E-state index contributed by atoms with van der Waals surface area (Å²) in [5.41, 5.74) is 10.3. The molecule has 63 heavy (non-hydrogen) atoms. The molecule has 10 unspecified atom stereocenters. The summed E-state index contributed by atoms with van der Waals surface area (Å²) < 4.78 is 0. The van der Waals surface area contributed by atoms with Gasteiger partial charge in [0.2, 0.25) is 0 Å². The molecule has 4 heterocycles. The maximum Gasteiger partial charge on any atom is 0.188 e. The molecule has 4 aromatic rings. The van der Waals surface area contributed by atoms with Gasteiger partial charge in [-0.05, 0) is 147 Å². The first-order valence-corrected chi connectivity index (χ1v) is 24.5. The topological polar surface area (TPSA) is 140 Å². The quantitative estimate of drug-likeness (QED) is 0.0510. The van der Waals surface area contributed by atoms with Crippen molar-refractivity contribution in [3.63, 3.8) is 0 Å². The van der Waals surface area contributed by atoms with Crippen molar-refractivity contribution >= 4 is 46.2 Å². The lowest BCUT2D eigenvalue weighted by atomic mass is 9.57. The van der Waals surface area contributed by atoms with Crippen molar-refractivity contribution in [1.29, 1.82) is 0 Å². The van der Waals surface area contributed by atoms with Gasteiger partial charge in [0.1, 0.15) is 5.75 Å². The Kier molecular flexibility index (Phi) is 10.9. The van der Waals surface area contributed by atoms with Crippen LogP contribution in [-0.4, -0.2) is 58.4 Å². The molecular weight excluding hydrogens is 821 g/mol. The number of aliphatic hydroxyl groups excluding tert-OH is 1. The molecule has 7 N–H and O–H groups in total. The third-order valence-electron chi connectivity index (χ3n) is 16.1. The Morgan fingerprint density at radius 3 is 2.71 bits per heavy atom. The normalized spacial score (nSPS) is 32.8. The molecule has 3 saturated carbocycles. The summed E-state index contributed by atoms with van der Waals surface area (Å²) in [6, 6.07) is 18.3. The molecule has 2 aromatic heterocycles. The van der Waals surface area contributed by atoms with E-state index in [2.05, 4.69) is 81.8 Å². The van der Waals surface area contributed by atoms with Crippen LogP contribution in [0.1, 0.15) is 108 Å². The number of benzene rings is 2. The minimum atomic E-state index is -1.14. The van der Waals surface area contributed by atoms with Crippen LogP contribution in [0.25, 0.3) is 15.8 Å². The summed E-state index contributed by atoms with van der Waals surface area (Å²) in [7, 11) is 1.70. The predicted molar refractivity (Wildman–Crippen MR) is 255 cm³/mol. The van der Waals surface area contributed by atoms with Crippen LogP contribution in [0.15, 0.2) is 65.7 Å². The largest absolute Gasteiger partial charge is 0.507 e. The highest BCUT2D eigenvalue weighted by atomic mass is 32.1. The molecule has 2 aliphatic heterocycles. The molecule has 9 bridgehead atoms. The Morgan fingerprint density at radius 1 is 1.06 bits per heavy atom. The van der Waals surface area contributed by atoms with E-state index in [-0.39, 0.29) is 64.6 Å². The van der Waals surface area contributed by atoms with Crippen molar-refractivity contribution in [2.75, 3.05) is 19.0 Å². The molecular formula is C53H58N4O4S2. The number of phenols is 1. The fourth-order valence-electron chi connectivity index (χ4n) is 13.3. The summed E-state index contributed by atoms with van der Waals surface area (Å²) in [5.74, 6) is 14.8. The van der Waals surface area contributed by atoms with Crippen LogP contribution in [-0.2, 0) is 19.3 Å². The summed E-state index contributed by atoms with van der Waals surface area (Å²) in [6.45, 7) is 3.86.